The lowest BCUT2D eigenvalue weighted by Crippen LogP contribution is -2.50. The number of hydrogen-bond acceptors (Lipinski definition) is 5. The van der Waals surface area contributed by atoms with Crippen LogP contribution in [0.3, 0.4) is 0 Å². The van der Waals surface area contributed by atoms with Crippen LogP contribution in [0.4, 0.5) is 10.1 Å². The molecule has 10 heteroatoms. The Morgan fingerprint density at radius 1 is 1.05 bits per heavy atom. The Hall–Kier alpha value is -1.23. The van der Waals surface area contributed by atoms with Gasteiger partial charge >= 0.3 is 0 Å². The van der Waals surface area contributed by atoms with Gasteiger partial charge in [-0.3, -0.25) is 0 Å². The SMILES string of the molecule is CS(=O)(=O)N1CCN(S(=O)(=O)c2cc(N)ccc2F)CC1. The van der Waals surface area contributed by atoms with Crippen LogP contribution in [0.1, 0.15) is 0 Å². The van der Waals surface area contributed by atoms with Crippen molar-refractivity contribution in [2.75, 3.05) is 38.2 Å². The molecular formula is C11H16FN3O4S2. The molecular weight excluding hydrogens is 321 g/mol. The molecule has 1 aromatic rings. The molecule has 0 bridgehead atoms. The molecule has 2 N–H and O–H groups in total. The molecule has 0 aliphatic carbocycles. The number of anilines is 1. The van der Waals surface area contributed by atoms with E-state index < -0.39 is 30.8 Å². The molecule has 0 saturated carbocycles. The molecule has 1 aliphatic heterocycles. The van der Waals surface area contributed by atoms with Gasteiger partial charge in [0, 0.05) is 31.9 Å². The van der Waals surface area contributed by atoms with E-state index in [1.165, 1.54) is 10.4 Å². The normalized spacial score (nSPS) is 18.8. The highest BCUT2D eigenvalue weighted by Gasteiger charge is 2.32. The van der Waals surface area contributed by atoms with Gasteiger partial charge in [0.1, 0.15) is 10.7 Å². The molecule has 0 atom stereocenters. The second kappa shape index (κ2) is 5.52. The molecule has 1 saturated heterocycles. The van der Waals surface area contributed by atoms with Crippen molar-refractivity contribution in [2.45, 2.75) is 4.90 Å². The van der Waals surface area contributed by atoms with Crippen molar-refractivity contribution in [1.29, 1.82) is 0 Å². The van der Waals surface area contributed by atoms with Crippen LogP contribution in [0.25, 0.3) is 0 Å². The highest BCUT2D eigenvalue weighted by atomic mass is 32.2. The van der Waals surface area contributed by atoms with Gasteiger partial charge in [0.2, 0.25) is 20.0 Å². The Morgan fingerprint density at radius 3 is 2.10 bits per heavy atom. The van der Waals surface area contributed by atoms with Crippen molar-refractivity contribution in [2.24, 2.45) is 0 Å². The maximum Gasteiger partial charge on any atom is 0.246 e. The van der Waals surface area contributed by atoms with Crippen LogP contribution in [0.2, 0.25) is 0 Å². The Balaban J connectivity index is 2.25. The summed E-state index contributed by atoms with van der Waals surface area (Å²) in [5, 5.41) is 0. The second-order valence-electron chi connectivity index (χ2n) is 4.76. The van der Waals surface area contributed by atoms with Gasteiger partial charge in [0.05, 0.1) is 6.26 Å². The molecule has 1 heterocycles. The fraction of sp³-hybridized carbons (Fsp3) is 0.455. The summed E-state index contributed by atoms with van der Waals surface area (Å²) < 4.78 is 63.5. The minimum atomic E-state index is -4.03. The molecule has 1 aliphatic rings. The largest absolute Gasteiger partial charge is 0.399 e. The molecule has 0 spiro atoms. The molecule has 1 fully saturated rings. The zero-order chi connectivity index (χ0) is 15.8. The van der Waals surface area contributed by atoms with Crippen molar-refractivity contribution in [3.05, 3.63) is 24.0 Å². The van der Waals surface area contributed by atoms with Gasteiger partial charge in [0.25, 0.3) is 0 Å². The third-order valence-electron chi connectivity index (χ3n) is 3.24. The highest BCUT2D eigenvalue weighted by Crippen LogP contribution is 2.23. The van der Waals surface area contributed by atoms with E-state index >= 15 is 0 Å². The number of halogens is 1. The smallest absolute Gasteiger partial charge is 0.246 e. The topological polar surface area (TPSA) is 101 Å². The fourth-order valence-electron chi connectivity index (χ4n) is 2.10. The van der Waals surface area contributed by atoms with Crippen LogP contribution < -0.4 is 5.73 Å². The van der Waals surface area contributed by atoms with E-state index in [9.17, 15) is 21.2 Å². The highest BCUT2D eigenvalue weighted by molar-refractivity contribution is 7.89. The number of sulfonamides is 2. The van der Waals surface area contributed by atoms with Gasteiger partial charge in [-0.25, -0.2) is 21.2 Å². The number of nitrogens with two attached hydrogens (primary N) is 1. The van der Waals surface area contributed by atoms with E-state index in [1.54, 1.807) is 0 Å². The van der Waals surface area contributed by atoms with Crippen molar-refractivity contribution < 1.29 is 21.2 Å². The molecule has 21 heavy (non-hydrogen) atoms. The van der Waals surface area contributed by atoms with Crippen molar-refractivity contribution in [3.8, 4) is 0 Å². The standard InChI is InChI=1S/C11H16FN3O4S2/c1-20(16,17)14-4-6-15(7-5-14)21(18,19)11-8-9(13)2-3-10(11)12/h2-3,8H,4-7,13H2,1H3. The first-order valence-corrected chi connectivity index (χ1v) is 9.41. The van der Waals surface area contributed by atoms with Gasteiger partial charge < -0.3 is 5.73 Å². The monoisotopic (exact) mass is 337 g/mol. The lowest BCUT2D eigenvalue weighted by Gasteiger charge is -2.32. The molecule has 118 valence electrons. The zero-order valence-electron chi connectivity index (χ0n) is 11.4. The van der Waals surface area contributed by atoms with Crippen molar-refractivity contribution >= 4 is 25.7 Å². The Labute approximate surface area is 123 Å². The van der Waals surface area contributed by atoms with Crippen LogP contribution in [-0.4, -0.2) is 57.9 Å². The fourth-order valence-corrected chi connectivity index (χ4v) is 4.45. The summed E-state index contributed by atoms with van der Waals surface area (Å²) in [5.41, 5.74) is 5.64. The van der Waals surface area contributed by atoms with E-state index in [2.05, 4.69) is 0 Å². The van der Waals surface area contributed by atoms with Crippen LogP contribution >= 0.6 is 0 Å². The number of rotatable bonds is 3. The molecule has 2 rings (SSSR count). The Morgan fingerprint density at radius 2 is 1.57 bits per heavy atom. The average molecular weight is 337 g/mol. The summed E-state index contributed by atoms with van der Waals surface area (Å²) in [6.07, 6.45) is 1.06. The van der Waals surface area contributed by atoms with E-state index in [0.717, 1.165) is 22.7 Å². The molecule has 0 radical (unpaired) electrons. The quantitative estimate of drug-likeness (QED) is 0.762. The minimum Gasteiger partial charge on any atom is -0.399 e. The summed E-state index contributed by atoms with van der Waals surface area (Å²) in [6.45, 7) is 0.0390. The van der Waals surface area contributed by atoms with Crippen molar-refractivity contribution in [3.63, 3.8) is 0 Å². The number of nitrogens with zero attached hydrogens (tertiary/aromatic N) is 2. The molecule has 7 nitrogen and oxygen atoms in total. The first-order valence-electron chi connectivity index (χ1n) is 6.12. The van der Waals surface area contributed by atoms with E-state index in [-0.39, 0.29) is 31.9 Å². The number of benzene rings is 1. The van der Waals surface area contributed by atoms with Crippen LogP contribution in [-0.2, 0) is 20.0 Å². The van der Waals surface area contributed by atoms with E-state index in [1.807, 2.05) is 0 Å². The van der Waals surface area contributed by atoms with Crippen LogP contribution in [0.15, 0.2) is 23.1 Å². The van der Waals surface area contributed by atoms with E-state index in [0.29, 0.717) is 0 Å². The van der Waals surface area contributed by atoms with E-state index in [4.69, 9.17) is 5.73 Å². The summed E-state index contributed by atoms with van der Waals surface area (Å²) >= 11 is 0. The van der Waals surface area contributed by atoms with Gasteiger partial charge in [-0.15, -0.1) is 0 Å². The minimum absolute atomic E-state index is 0.0242. The predicted molar refractivity (Wildman–Crippen MR) is 76.0 cm³/mol. The summed E-state index contributed by atoms with van der Waals surface area (Å²) in [7, 11) is -7.38. The second-order valence-corrected chi connectivity index (χ2v) is 8.64. The Bertz CT molecular complexity index is 741. The predicted octanol–water partition coefficient (Wildman–Crippen LogP) is -0.326. The zero-order valence-corrected chi connectivity index (χ0v) is 13.0. The molecule has 0 unspecified atom stereocenters. The van der Waals surface area contributed by atoms with Gasteiger partial charge in [-0.05, 0) is 18.2 Å². The lowest BCUT2D eigenvalue weighted by molar-refractivity contribution is 0.273. The first kappa shape index (κ1) is 16.1. The average Bonchev–Trinajstić information content (AvgIpc) is 2.40. The van der Waals surface area contributed by atoms with Crippen LogP contribution in [0, 0.1) is 5.82 Å². The third-order valence-corrected chi connectivity index (χ3v) is 6.46. The number of nitrogen functional groups attached to an aromatic ring is 1. The van der Waals surface area contributed by atoms with Crippen LogP contribution in [0.5, 0.6) is 0 Å². The van der Waals surface area contributed by atoms with Gasteiger partial charge in [-0.1, -0.05) is 0 Å². The van der Waals surface area contributed by atoms with Gasteiger partial charge in [-0.2, -0.15) is 8.61 Å². The first-order chi connectivity index (χ1) is 9.62. The maximum absolute atomic E-state index is 13.7. The summed E-state index contributed by atoms with van der Waals surface area (Å²) in [5.74, 6) is -0.880. The maximum atomic E-state index is 13.7. The molecule has 1 aromatic carbocycles. The van der Waals surface area contributed by atoms with Crippen molar-refractivity contribution in [1.82, 2.24) is 8.61 Å². The summed E-state index contributed by atoms with van der Waals surface area (Å²) in [4.78, 5) is -0.490. The lowest BCUT2D eigenvalue weighted by atomic mass is 10.3. The Kier molecular flexibility index (Phi) is 4.24. The number of hydrogen-bond donors (Lipinski definition) is 1. The number of piperazine rings is 1. The third kappa shape index (κ3) is 3.34. The molecule has 0 amide bonds. The summed E-state index contributed by atoms with van der Waals surface area (Å²) in [6, 6.07) is 3.33. The molecule has 0 aromatic heterocycles. The van der Waals surface area contributed by atoms with Gasteiger partial charge in [0.15, 0.2) is 0 Å².